The summed E-state index contributed by atoms with van der Waals surface area (Å²) >= 11 is 0. The Morgan fingerprint density at radius 3 is 1.87 bits per heavy atom. The van der Waals surface area contributed by atoms with Crippen LogP contribution in [0.1, 0.15) is 88.4 Å². The van der Waals surface area contributed by atoms with Crippen molar-refractivity contribution in [2.75, 3.05) is 6.54 Å². The van der Waals surface area contributed by atoms with Crippen LogP contribution in [0.25, 0.3) is 11.1 Å². The smallest absolute Gasteiger partial charge is 0.305 e. The summed E-state index contributed by atoms with van der Waals surface area (Å²) in [7, 11) is 0. The third kappa shape index (κ3) is 8.76. The van der Waals surface area contributed by atoms with Gasteiger partial charge in [0.05, 0.1) is 6.42 Å². The van der Waals surface area contributed by atoms with Crippen molar-refractivity contribution in [3.63, 3.8) is 0 Å². The molecular weight excluding hydrogens is 474 g/mol. The molecule has 1 atom stereocenters. The summed E-state index contributed by atoms with van der Waals surface area (Å²) in [4.78, 5) is 23.0. The molecule has 0 bridgehead atoms. The number of ether oxygens (including phenoxy) is 1. The maximum atomic E-state index is 12.3. The Balaban J connectivity index is 1.73. The maximum Gasteiger partial charge on any atom is 0.305 e. The molecule has 0 aromatic heterocycles. The molecule has 0 aliphatic carbocycles. The first-order valence-electron chi connectivity index (χ1n) is 13.3. The minimum absolute atomic E-state index is 0.101. The highest BCUT2D eigenvalue weighted by Crippen LogP contribution is 2.33. The van der Waals surface area contributed by atoms with E-state index in [4.69, 9.17) is 9.84 Å². The molecule has 5 heteroatoms. The number of hydrogen-bond acceptors (Lipinski definition) is 3. The van der Waals surface area contributed by atoms with Gasteiger partial charge in [0.2, 0.25) is 0 Å². The second-order valence-corrected chi connectivity index (χ2v) is 12.1. The predicted octanol–water partition coefficient (Wildman–Crippen LogP) is 7.80. The minimum Gasteiger partial charge on any atom is -0.486 e. The molecule has 0 saturated carbocycles. The molecule has 1 amide bonds. The van der Waals surface area contributed by atoms with Crippen molar-refractivity contribution in [1.82, 2.24) is 5.32 Å². The van der Waals surface area contributed by atoms with Gasteiger partial charge >= 0.3 is 5.97 Å². The van der Waals surface area contributed by atoms with Gasteiger partial charge in [-0.15, -0.1) is 0 Å². The SMILES string of the molecule is CC(C)(C)CCC(Oc1ccc(-c2ccc(C(C)(C)C)cc2)cc1)c1ccc(C(=O)NCCC(=O)O)cc1. The van der Waals surface area contributed by atoms with E-state index in [1.165, 1.54) is 11.1 Å². The van der Waals surface area contributed by atoms with Crippen LogP contribution in [-0.4, -0.2) is 23.5 Å². The number of carbonyl (C=O) groups excluding carboxylic acids is 1. The van der Waals surface area contributed by atoms with Crippen LogP contribution in [0.2, 0.25) is 0 Å². The van der Waals surface area contributed by atoms with Crippen molar-refractivity contribution in [1.29, 1.82) is 0 Å². The molecule has 0 fully saturated rings. The van der Waals surface area contributed by atoms with Crippen LogP contribution >= 0.6 is 0 Å². The number of benzene rings is 3. The largest absolute Gasteiger partial charge is 0.486 e. The molecule has 202 valence electrons. The average Bonchev–Trinajstić information content (AvgIpc) is 2.86. The van der Waals surface area contributed by atoms with Crippen LogP contribution in [0.5, 0.6) is 5.75 Å². The first-order valence-corrected chi connectivity index (χ1v) is 13.3. The summed E-state index contributed by atoms with van der Waals surface area (Å²) in [6.45, 7) is 13.4. The molecule has 0 spiro atoms. The van der Waals surface area contributed by atoms with Gasteiger partial charge in [-0.1, -0.05) is 90.1 Å². The Morgan fingerprint density at radius 2 is 1.37 bits per heavy atom. The molecular formula is C33H41NO4. The van der Waals surface area contributed by atoms with Crippen molar-refractivity contribution in [3.8, 4) is 16.9 Å². The monoisotopic (exact) mass is 515 g/mol. The summed E-state index contributed by atoms with van der Waals surface area (Å²) in [5, 5.41) is 11.4. The number of carbonyl (C=O) groups is 2. The van der Waals surface area contributed by atoms with Crippen LogP contribution in [0.3, 0.4) is 0 Å². The lowest BCUT2D eigenvalue weighted by molar-refractivity contribution is -0.136. The molecule has 0 aliphatic rings. The molecule has 38 heavy (non-hydrogen) atoms. The zero-order valence-electron chi connectivity index (χ0n) is 23.5. The lowest BCUT2D eigenvalue weighted by Gasteiger charge is -2.25. The normalized spacial score (nSPS) is 12.6. The first kappa shape index (κ1) is 29.0. The standard InChI is InChI=1S/C33H41NO4/c1-32(2,3)21-19-29(25-7-9-26(10-8-25)31(37)34-22-20-30(35)36)38-28-17-13-24(14-18-28)23-11-15-27(16-12-23)33(4,5)6/h7-18,29H,19-22H2,1-6H3,(H,34,37)(H,35,36). The second kappa shape index (κ2) is 12.3. The molecule has 0 heterocycles. The van der Waals surface area contributed by atoms with Crippen LogP contribution in [0.15, 0.2) is 72.8 Å². The fourth-order valence-electron chi connectivity index (χ4n) is 4.14. The van der Waals surface area contributed by atoms with Gasteiger partial charge in [-0.3, -0.25) is 9.59 Å². The third-order valence-corrected chi connectivity index (χ3v) is 6.54. The zero-order chi connectivity index (χ0) is 27.9. The molecule has 3 rings (SSSR count). The number of carboxylic acids is 1. The van der Waals surface area contributed by atoms with Crippen LogP contribution in [-0.2, 0) is 10.2 Å². The summed E-state index contributed by atoms with van der Waals surface area (Å²) in [5.74, 6) is -0.420. The van der Waals surface area contributed by atoms with Gasteiger partial charge in [-0.25, -0.2) is 0 Å². The van der Waals surface area contributed by atoms with E-state index in [1.807, 2.05) is 24.3 Å². The van der Waals surface area contributed by atoms with Gasteiger partial charge in [0.15, 0.2) is 0 Å². The molecule has 1 unspecified atom stereocenters. The number of rotatable bonds is 10. The predicted molar refractivity (Wildman–Crippen MR) is 154 cm³/mol. The fourth-order valence-corrected chi connectivity index (χ4v) is 4.14. The minimum atomic E-state index is -0.939. The Morgan fingerprint density at radius 1 is 0.816 bits per heavy atom. The van der Waals surface area contributed by atoms with Gasteiger partial charge in [0, 0.05) is 12.1 Å². The van der Waals surface area contributed by atoms with Gasteiger partial charge in [-0.2, -0.15) is 0 Å². The lowest BCUT2D eigenvalue weighted by atomic mass is 9.86. The highest BCUT2D eigenvalue weighted by Gasteiger charge is 2.19. The van der Waals surface area contributed by atoms with E-state index in [1.54, 1.807) is 12.1 Å². The summed E-state index contributed by atoms with van der Waals surface area (Å²) in [5.41, 5.74) is 5.41. The van der Waals surface area contributed by atoms with E-state index in [-0.39, 0.29) is 35.8 Å². The van der Waals surface area contributed by atoms with E-state index in [9.17, 15) is 9.59 Å². The molecule has 0 radical (unpaired) electrons. The Hall–Kier alpha value is -3.60. The van der Waals surface area contributed by atoms with Gasteiger partial charge < -0.3 is 15.2 Å². The number of aliphatic carboxylic acids is 1. The van der Waals surface area contributed by atoms with Gasteiger partial charge in [-0.05, 0) is 70.2 Å². The fraction of sp³-hybridized carbons (Fsp3) is 0.394. The topological polar surface area (TPSA) is 75.6 Å². The third-order valence-electron chi connectivity index (χ3n) is 6.54. The van der Waals surface area contributed by atoms with Crippen molar-refractivity contribution in [2.45, 2.75) is 72.3 Å². The zero-order valence-corrected chi connectivity index (χ0v) is 23.5. The van der Waals surface area contributed by atoms with Crippen molar-refractivity contribution in [3.05, 3.63) is 89.5 Å². The molecule has 5 nitrogen and oxygen atoms in total. The average molecular weight is 516 g/mol. The number of hydrogen-bond donors (Lipinski definition) is 2. The number of amides is 1. The van der Waals surface area contributed by atoms with Crippen molar-refractivity contribution in [2.24, 2.45) is 5.41 Å². The second-order valence-electron chi connectivity index (χ2n) is 12.1. The lowest BCUT2D eigenvalue weighted by Crippen LogP contribution is -2.26. The van der Waals surface area contributed by atoms with E-state index < -0.39 is 5.97 Å². The first-order chi connectivity index (χ1) is 17.8. The number of carboxylic acid groups (broad SMARTS) is 1. The molecule has 0 saturated heterocycles. The Kier molecular flexibility index (Phi) is 9.37. The Bertz CT molecular complexity index is 1200. The quantitative estimate of drug-likeness (QED) is 0.289. The van der Waals surface area contributed by atoms with Crippen LogP contribution < -0.4 is 10.1 Å². The van der Waals surface area contributed by atoms with E-state index >= 15 is 0 Å². The summed E-state index contributed by atoms with van der Waals surface area (Å²) < 4.78 is 6.48. The molecule has 3 aromatic rings. The maximum absolute atomic E-state index is 12.3. The molecule has 3 aromatic carbocycles. The number of nitrogens with one attached hydrogen (secondary N) is 1. The van der Waals surface area contributed by atoms with Gasteiger partial charge in [0.25, 0.3) is 5.91 Å². The van der Waals surface area contributed by atoms with Crippen molar-refractivity contribution < 1.29 is 19.4 Å². The Labute approximate surface area is 227 Å². The summed E-state index contributed by atoms with van der Waals surface area (Å²) in [6, 6.07) is 24.3. The van der Waals surface area contributed by atoms with Crippen LogP contribution in [0, 0.1) is 5.41 Å². The van der Waals surface area contributed by atoms with Crippen LogP contribution in [0.4, 0.5) is 0 Å². The van der Waals surface area contributed by atoms with E-state index in [0.29, 0.717) is 5.56 Å². The molecule has 0 aliphatic heterocycles. The molecule has 2 N–H and O–H groups in total. The van der Waals surface area contributed by atoms with E-state index in [2.05, 4.69) is 83.3 Å². The van der Waals surface area contributed by atoms with Gasteiger partial charge in [0.1, 0.15) is 11.9 Å². The highest BCUT2D eigenvalue weighted by atomic mass is 16.5. The van der Waals surface area contributed by atoms with Crippen molar-refractivity contribution >= 4 is 11.9 Å². The van der Waals surface area contributed by atoms with E-state index in [0.717, 1.165) is 29.7 Å². The summed E-state index contributed by atoms with van der Waals surface area (Å²) in [6.07, 6.45) is 1.56. The highest BCUT2D eigenvalue weighted by molar-refractivity contribution is 5.94.